The molecule has 0 saturated heterocycles. The smallest absolute Gasteiger partial charge is 0.255 e. The second-order valence-corrected chi connectivity index (χ2v) is 1.20. The van der Waals surface area contributed by atoms with Crippen molar-refractivity contribution in [2.75, 3.05) is 13.9 Å². The third-order valence-electron chi connectivity index (χ3n) is 0.235. The average Bonchev–Trinajstić information content (AvgIpc) is 1.71. The van der Waals surface area contributed by atoms with Gasteiger partial charge < -0.3 is 0 Å². The zero-order valence-electron chi connectivity index (χ0n) is 4.72. The van der Waals surface area contributed by atoms with Gasteiger partial charge in [-0.05, 0) is 0 Å². The Hall–Kier alpha value is -0.280. The van der Waals surface area contributed by atoms with E-state index < -0.39 is 12.6 Å². The van der Waals surface area contributed by atoms with Crippen molar-refractivity contribution in [2.24, 2.45) is 0 Å². The highest BCUT2D eigenvalue weighted by atomic mass is 19.3. The van der Waals surface area contributed by atoms with Crippen molar-refractivity contribution in [1.82, 2.24) is 0 Å². The van der Waals surface area contributed by atoms with Crippen LogP contribution in [-0.4, -0.2) is 19.8 Å². The van der Waals surface area contributed by atoms with Crippen molar-refractivity contribution in [3.63, 3.8) is 0 Å². The Labute approximate surface area is 60.2 Å². The van der Waals surface area contributed by atoms with E-state index in [1.807, 2.05) is 0 Å². The van der Waals surface area contributed by atoms with Gasteiger partial charge in [0.25, 0.3) is 5.92 Å². The van der Waals surface area contributed by atoms with Gasteiger partial charge >= 0.3 is 0 Å². The van der Waals surface area contributed by atoms with Crippen LogP contribution in [0.15, 0.2) is 0 Å². The predicted octanol–water partition coefficient (Wildman–Crippen LogP) is 3.47. The SMILES string of the molecule is C.C.CC(F)(F)CF.CF. The second-order valence-electron chi connectivity index (χ2n) is 1.20. The van der Waals surface area contributed by atoms with Crippen LogP contribution >= 0.6 is 0 Å². The van der Waals surface area contributed by atoms with Gasteiger partial charge in [-0.25, -0.2) is 13.2 Å². The van der Waals surface area contributed by atoms with E-state index in [0.29, 0.717) is 14.1 Å². The Morgan fingerprint density at radius 2 is 1.20 bits per heavy atom. The third-order valence-corrected chi connectivity index (χ3v) is 0.235. The summed E-state index contributed by atoms with van der Waals surface area (Å²) < 4.78 is 42.4. The topological polar surface area (TPSA) is 0 Å². The van der Waals surface area contributed by atoms with Gasteiger partial charge in [-0.3, -0.25) is 4.39 Å². The fourth-order valence-electron chi connectivity index (χ4n) is 0. The number of hydrogen-bond acceptors (Lipinski definition) is 0. The number of halogens is 4. The van der Waals surface area contributed by atoms with Crippen LogP contribution in [0, 0.1) is 0 Å². The van der Waals surface area contributed by atoms with Crippen molar-refractivity contribution in [1.29, 1.82) is 0 Å². The maximum Gasteiger partial charge on any atom is 0.273 e. The lowest BCUT2D eigenvalue weighted by molar-refractivity contribution is -0.00294. The molecule has 4 heteroatoms. The molecule has 0 saturated carbocycles. The van der Waals surface area contributed by atoms with E-state index in [0.717, 1.165) is 0 Å². The molecule has 0 rings (SSSR count). The highest BCUT2D eigenvalue weighted by Gasteiger charge is 2.19. The molecule has 0 bridgehead atoms. The quantitative estimate of drug-likeness (QED) is 0.520. The molecule has 0 atom stereocenters. The first-order valence-corrected chi connectivity index (χ1v) is 1.88. The fourth-order valence-corrected chi connectivity index (χ4v) is 0. The normalized spacial score (nSPS) is 7.80. The Morgan fingerprint density at radius 3 is 1.20 bits per heavy atom. The summed E-state index contributed by atoms with van der Waals surface area (Å²) in [5.74, 6) is -3.12. The van der Waals surface area contributed by atoms with Crippen LogP contribution in [0.4, 0.5) is 17.6 Å². The molecule has 0 heterocycles. The minimum Gasteiger partial charge on any atom is -0.255 e. The molecule has 0 aliphatic rings. The van der Waals surface area contributed by atoms with Crippen LogP contribution in [0.5, 0.6) is 0 Å². The molecule has 0 aliphatic carbocycles. The molecule has 0 aromatic rings. The molecule has 0 nitrogen and oxygen atoms in total. The summed E-state index contributed by atoms with van der Waals surface area (Å²) in [4.78, 5) is 0. The monoisotopic (exact) mass is 164 g/mol. The molecule has 0 aromatic carbocycles. The van der Waals surface area contributed by atoms with E-state index in [2.05, 4.69) is 0 Å². The van der Waals surface area contributed by atoms with E-state index >= 15 is 0 Å². The van der Waals surface area contributed by atoms with E-state index in [-0.39, 0.29) is 14.9 Å². The standard InChI is InChI=1S/C3H5F3.CH3F.2CH4/c1-3(5,6)2-4;1-2;;/h2H2,1H3;1H3;2*1H4. The van der Waals surface area contributed by atoms with E-state index in [1.54, 1.807) is 0 Å². The summed E-state index contributed by atoms with van der Waals surface area (Å²) in [6.07, 6.45) is 0. The Kier molecular flexibility index (Phi) is 26.0. The first-order valence-electron chi connectivity index (χ1n) is 1.88. The molecule has 0 radical (unpaired) electrons. The van der Waals surface area contributed by atoms with Crippen molar-refractivity contribution in [3.05, 3.63) is 0 Å². The average molecular weight is 164 g/mol. The van der Waals surface area contributed by atoms with Crippen LogP contribution in [0.2, 0.25) is 0 Å². The van der Waals surface area contributed by atoms with Crippen LogP contribution < -0.4 is 0 Å². The minimum atomic E-state index is -3.12. The van der Waals surface area contributed by atoms with Crippen molar-refractivity contribution in [3.8, 4) is 0 Å². The summed E-state index contributed by atoms with van der Waals surface area (Å²) in [7, 11) is 0.500. The molecular formula is C6H16F4. The third kappa shape index (κ3) is 47.1. The molecule has 0 spiro atoms. The summed E-state index contributed by atoms with van der Waals surface area (Å²) in [6, 6.07) is 0. The van der Waals surface area contributed by atoms with Gasteiger partial charge in [-0.1, -0.05) is 14.9 Å². The largest absolute Gasteiger partial charge is 0.273 e. The minimum absolute atomic E-state index is 0. The zero-order chi connectivity index (χ0) is 7.21. The van der Waals surface area contributed by atoms with Gasteiger partial charge in [-0.2, -0.15) is 0 Å². The highest BCUT2D eigenvalue weighted by Crippen LogP contribution is 2.10. The predicted molar refractivity (Wildman–Crippen MR) is 37.1 cm³/mol. The second kappa shape index (κ2) is 11.5. The Morgan fingerprint density at radius 1 is 1.10 bits per heavy atom. The van der Waals surface area contributed by atoms with Gasteiger partial charge in [0.15, 0.2) is 6.67 Å². The van der Waals surface area contributed by atoms with Crippen LogP contribution in [-0.2, 0) is 0 Å². The molecule has 0 aliphatic heterocycles. The summed E-state index contributed by atoms with van der Waals surface area (Å²) in [5.41, 5.74) is 0. The maximum absolute atomic E-state index is 11.1. The number of hydrogen-bond donors (Lipinski definition) is 0. The van der Waals surface area contributed by atoms with Gasteiger partial charge in [0.1, 0.15) is 0 Å². The Balaban J connectivity index is -0.0000000412. The van der Waals surface area contributed by atoms with Crippen LogP contribution in [0.1, 0.15) is 21.8 Å². The molecule has 0 aromatic heterocycles. The fraction of sp³-hybridized carbons (Fsp3) is 1.00. The van der Waals surface area contributed by atoms with E-state index in [1.165, 1.54) is 0 Å². The lowest BCUT2D eigenvalue weighted by Gasteiger charge is -1.99. The highest BCUT2D eigenvalue weighted by molar-refractivity contribution is 4.51. The van der Waals surface area contributed by atoms with Crippen molar-refractivity contribution < 1.29 is 17.6 Å². The molecule has 0 fully saturated rings. The van der Waals surface area contributed by atoms with Crippen molar-refractivity contribution in [2.45, 2.75) is 27.7 Å². The molecule has 0 unspecified atom stereocenters. The summed E-state index contributed by atoms with van der Waals surface area (Å²) in [5, 5.41) is 0. The van der Waals surface area contributed by atoms with Crippen molar-refractivity contribution >= 4 is 0 Å². The first kappa shape index (κ1) is 22.6. The Bertz CT molecular complexity index is 39.5. The van der Waals surface area contributed by atoms with Gasteiger partial charge in [0, 0.05) is 6.92 Å². The van der Waals surface area contributed by atoms with E-state index in [4.69, 9.17) is 0 Å². The molecule has 0 N–H and O–H groups in total. The van der Waals surface area contributed by atoms with Gasteiger partial charge in [0.05, 0.1) is 7.18 Å². The van der Waals surface area contributed by atoms with Crippen LogP contribution in [0.3, 0.4) is 0 Å². The molecule has 10 heavy (non-hydrogen) atoms. The number of alkyl halides is 4. The number of rotatable bonds is 1. The first-order chi connectivity index (χ1) is 3.56. The molecule has 68 valence electrons. The zero-order valence-corrected chi connectivity index (χ0v) is 4.72. The van der Waals surface area contributed by atoms with Crippen LogP contribution in [0.25, 0.3) is 0 Å². The lowest BCUT2D eigenvalue weighted by atomic mass is 10.4. The molecular weight excluding hydrogens is 148 g/mol. The molecule has 0 amide bonds. The van der Waals surface area contributed by atoms with E-state index in [9.17, 15) is 17.6 Å². The summed E-state index contributed by atoms with van der Waals surface area (Å²) in [6.45, 7) is -1.03. The maximum atomic E-state index is 11.1. The summed E-state index contributed by atoms with van der Waals surface area (Å²) >= 11 is 0. The van der Waals surface area contributed by atoms with Gasteiger partial charge in [0.2, 0.25) is 0 Å². The lowest BCUT2D eigenvalue weighted by Crippen LogP contribution is -2.10. The van der Waals surface area contributed by atoms with Gasteiger partial charge in [-0.15, -0.1) is 0 Å².